The van der Waals surface area contributed by atoms with Gasteiger partial charge in [0.1, 0.15) is 24.2 Å². The topological polar surface area (TPSA) is 76.1 Å². The van der Waals surface area contributed by atoms with E-state index in [4.69, 9.17) is 9.57 Å². The van der Waals surface area contributed by atoms with Crippen LogP contribution in [0.3, 0.4) is 0 Å². The fraction of sp³-hybridized carbons (Fsp3) is 0.368. The molecule has 142 valence electrons. The first-order valence-corrected chi connectivity index (χ1v) is 10.4. The minimum absolute atomic E-state index is 0.0799. The maximum atomic E-state index is 11.4. The highest BCUT2D eigenvalue weighted by Gasteiger charge is 2.14. The average molecular weight is 379 g/mol. The normalized spacial score (nSPS) is 12.8. The number of aliphatic hydroxyl groups is 1. The van der Waals surface area contributed by atoms with E-state index in [2.05, 4.69) is 0 Å². The van der Waals surface area contributed by atoms with Crippen molar-refractivity contribution >= 4 is 9.84 Å². The monoisotopic (exact) mass is 379 g/mol. The van der Waals surface area contributed by atoms with E-state index in [9.17, 15) is 13.5 Å². The molecule has 2 aromatic rings. The number of hydrogen-bond acceptors (Lipinski definition) is 6. The molecule has 0 amide bonds. The maximum absolute atomic E-state index is 11.4. The first kappa shape index (κ1) is 20.2. The predicted molar refractivity (Wildman–Crippen MR) is 100.0 cm³/mol. The van der Waals surface area contributed by atoms with Crippen molar-refractivity contribution in [2.24, 2.45) is 0 Å². The largest absolute Gasteiger partial charge is 0.491 e. The van der Waals surface area contributed by atoms with E-state index in [-0.39, 0.29) is 11.5 Å². The maximum Gasteiger partial charge on any atom is 0.175 e. The van der Waals surface area contributed by atoms with Gasteiger partial charge in [0.05, 0.1) is 11.4 Å². The van der Waals surface area contributed by atoms with Crippen LogP contribution in [0.2, 0.25) is 0 Å². The molecule has 0 aliphatic rings. The standard InChI is InChI=1S/C19H25NO5S/c1-3-13-20(25-18-7-5-4-6-8-18)14-16(21)15-24-17-9-11-19(12-10-17)26(2,22)23/h4-12,16,21H,3,13-15H2,1-2H3. The summed E-state index contributed by atoms with van der Waals surface area (Å²) >= 11 is 0. The van der Waals surface area contributed by atoms with Crippen molar-refractivity contribution in [3.05, 3.63) is 54.6 Å². The lowest BCUT2D eigenvalue weighted by Crippen LogP contribution is -2.38. The second kappa shape index (κ2) is 9.56. The third kappa shape index (κ3) is 6.67. The molecule has 2 rings (SSSR count). The Bertz CT molecular complexity index is 762. The first-order valence-electron chi connectivity index (χ1n) is 8.47. The van der Waals surface area contributed by atoms with Crippen molar-refractivity contribution in [2.45, 2.75) is 24.3 Å². The average Bonchev–Trinajstić information content (AvgIpc) is 2.61. The Kier molecular flexibility index (Phi) is 7.44. The summed E-state index contributed by atoms with van der Waals surface area (Å²) in [6, 6.07) is 15.5. The molecule has 6 nitrogen and oxygen atoms in total. The number of benzene rings is 2. The van der Waals surface area contributed by atoms with Crippen molar-refractivity contribution < 1.29 is 23.1 Å². The van der Waals surface area contributed by atoms with Crippen LogP contribution >= 0.6 is 0 Å². The summed E-state index contributed by atoms with van der Waals surface area (Å²) < 4.78 is 28.4. The molecule has 7 heteroatoms. The van der Waals surface area contributed by atoms with Crippen molar-refractivity contribution in [1.82, 2.24) is 5.06 Å². The number of nitrogens with zero attached hydrogens (tertiary/aromatic N) is 1. The molecule has 26 heavy (non-hydrogen) atoms. The van der Waals surface area contributed by atoms with Gasteiger partial charge in [0.25, 0.3) is 0 Å². The molecule has 0 aromatic heterocycles. The van der Waals surface area contributed by atoms with Gasteiger partial charge in [-0.2, -0.15) is 0 Å². The Balaban J connectivity index is 1.86. The Morgan fingerprint density at radius 2 is 1.69 bits per heavy atom. The van der Waals surface area contributed by atoms with Crippen LogP contribution in [0, 0.1) is 0 Å². The molecular formula is C19H25NO5S. The zero-order valence-corrected chi connectivity index (χ0v) is 15.9. The lowest BCUT2D eigenvalue weighted by atomic mass is 10.3. The SMILES string of the molecule is CCCN(CC(O)COc1ccc(S(C)(=O)=O)cc1)Oc1ccccc1. The van der Waals surface area contributed by atoms with Crippen LogP contribution < -0.4 is 9.57 Å². The quantitative estimate of drug-likeness (QED) is 0.640. The number of sulfone groups is 1. The van der Waals surface area contributed by atoms with Gasteiger partial charge in [-0.1, -0.05) is 25.1 Å². The molecule has 1 atom stereocenters. The second-order valence-electron chi connectivity index (χ2n) is 6.00. The van der Waals surface area contributed by atoms with Crippen LogP contribution in [0.4, 0.5) is 0 Å². The Hall–Kier alpha value is -2.09. The van der Waals surface area contributed by atoms with Crippen LogP contribution in [0.15, 0.2) is 59.5 Å². The van der Waals surface area contributed by atoms with E-state index in [1.165, 1.54) is 12.1 Å². The number of hydrogen-bond donors (Lipinski definition) is 1. The minimum Gasteiger partial charge on any atom is -0.491 e. The third-order valence-corrected chi connectivity index (χ3v) is 4.69. The van der Waals surface area contributed by atoms with Crippen molar-refractivity contribution in [3.63, 3.8) is 0 Å². The summed E-state index contributed by atoms with van der Waals surface area (Å²) in [7, 11) is -3.23. The molecule has 2 aromatic carbocycles. The summed E-state index contributed by atoms with van der Waals surface area (Å²) in [5, 5.41) is 11.9. The summed E-state index contributed by atoms with van der Waals surface area (Å²) in [6.07, 6.45) is 1.29. The smallest absolute Gasteiger partial charge is 0.175 e. The lowest BCUT2D eigenvalue weighted by molar-refractivity contribution is -0.0896. The fourth-order valence-corrected chi connectivity index (χ4v) is 2.95. The zero-order chi connectivity index (χ0) is 19.0. The Labute approximate surface area is 154 Å². The summed E-state index contributed by atoms with van der Waals surface area (Å²) in [6.45, 7) is 3.09. The van der Waals surface area contributed by atoms with Gasteiger partial charge in [-0.3, -0.25) is 0 Å². The van der Waals surface area contributed by atoms with Gasteiger partial charge in [0.2, 0.25) is 0 Å². The van der Waals surface area contributed by atoms with Crippen LogP contribution in [0.25, 0.3) is 0 Å². The molecule has 0 fully saturated rings. The molecule has 0 aliphatic heterocycles. The molecule has 1 N–H and O–H groups in total. The molecule has 0 aliphatic carbocycles. The lowest BCUT2D eigenvalue weighted by Gasteiger charge is -2.24. The number of ether oxygens (including phenoxy) is 1. The number of rotatable bonds is 10. The van der Waals surface area contributed by atoms with Crippen LogP contribution in [-0.4, -0.2) is 50.6 Å². The van der Waals surface area contributed by atoms with Crippen molar-refractivity contribution in [2.75, 3.05) is 26.0 Å². The Morgan fingerprint density at radius 3 is 2.27 bits per heavy atom. The van der Waals surface area contributed by atoms with E-state index < -0.39 is 15.9 Å². The van der Waals surface area contributed by atoms with Crippen LogP contribution in [0.1, 0.15) is 13.3 Å². The number of aliphatic hydroxyl groups excluding tert-OH is 1. The highest BCUT2D eigenvalue weighted by Crippen LogP contribution is 2.16. The number of hydroxylamine groups is 2. The van der Waals surface area contributed by atoms with Gasteiger partial charge in [0, 0.05) is 12.8 Å². The number of para-hydroxylation sites is 1. The summed E-state index contributed by atoms with van der Waals surface area (Å²) in [5.74, 6) is 1.22. The first-order chi connectivity index (χ1) is 12.4. The van der Waals surface area contributed by atoms with Gasteiger partial charge >= 0.3 is 0 Å². The summed E-state index contributed by atoms with van der Waals surface area (Å²) in [4.78, 5) is 6.01. The molecule has 0 spiro atoms. The highest BCUT2D eigenvalue weighted by atomic mass is 32.2. The fourth-order valence-electron chi connectivity index (χ4n) is 2.32. The molecule has 0 radical (unpaired) electrons. The van der Waals surface area contributed by atoms with Crippen molar-refractivity contribution in [1.29, 1.82) is 0 Å². The molecular weight excluding hydrogens is 354 g/mol. The molecule has 0 saturated heterocycles. The van der Waals surface area contributed by atoms with E-state index >= 15 is 0 Å². The zero-order valence-electron chi connectivity index (χ0n) is 15.0. The van der Waals surface area contributed by atoms with Gasteiger partial charge < -0.3 is 14.7 Å². The summed E-state index contributed by atoms with van der Waals surface area (Å²) in [5.41, 5.74) is 0. The molecule has 0 saturated carbocycles. The Morgan fingerprint density at radius 1 is 1.04 bits per heavy atom. The minimum atomic E-state index is -3.23. The van der Waals surface area contributed by atoms with Gasteiger partial charge in [-0.25, -0.2) is 8.42 Å². The highest BCUT2D eigenvalue weighted by molar-refractivity contribution is 7.90. The van der Waals surface area contributed by atoms with E-state index in [0.717, 1.165) is 12.7 Å². The predicted octanol–water partition coefficient (Wildman–Crippen LogP) is 2.54. The van der Waals surface area contributed by atoms with Crippen LogP contribution in [0.5, 0.6) is 11.5 Å². The second-order valence-corrected chi connectivity index (χ2v) is 8.02. The van der Waals surface area contributed by atoms with Gasteiger partial charge in [-0.05, 0) is 42.8 Å². The van der Waals surface area contributed by atoms with Crippen LogP contribution in [-0.2, 0) is 9.84 Å². The van der Waals surface area contributed by atoms with Gasteiger partial charge in [-0.15, -0.1) is 5.06 Å². The third-order valence-electron chi connectivity index (χ3n) is 3.56. The van der Waals surface area contributed by atoms with Gasteiger partial charge in [0.15, 0.2) is 9.84 Å². The van der Waals surface area contributed by atoms with Crippen molar-refractivity contribution in [3.8, 4) is 11.5 Å². The van der Waals surface area contributed by atoms with E-state index in [1.807, 2.05) is 37.3 Å². The molecule has 0 bridgehead atoms. The van der Waals surface area contributed by atoms with E-state index in [0.29, 0.717) is 24.6 Å². The molecule has 1 unspecified atom stereocenters. The van der Waals surface area contributed by atoms with E-state index in [1.54, 1.807) is 17.2 Å². The molecule has 0 heterocycles.